The molecule has 0 atom stereocenters. The summed E-state index contributed by atoms with van der Waals surface area (Å²) in [4.78, 5) is 31.7. The van der Waals surface area contributed by atoms with Gasteiger partial charge in [-0.2, -0.15) is 0 Å². The minimum atomic E-state index is -3.50. The van der Waals surface area contributed by atoms with Crippen molar-refractivity contribution in [2.24, 2.45) is 0 Å². The molecule has 2 aromatic carbocycles. The molecule has 0 saturated heterocycles. The molecule has 1 aliphatic rings. The number of hydrogen-bond donors (Lipinski definition) is 3. The van der Waals surface area contributed by atoms with Gasteiger partial charge in [-0.3, -0.25) is 9.59 Å². The summed E-state index contributed by atoms with van der Waals surface area (Å²) in [5.41, 5.74) is 2.36. The smallest absolute Gasteiger partial charge is 0.270 e. The summed E-state index contributed by atoms with van der Waals surface area (Å²) < 4.78 is 27.8. The van der Waals surface area contributed by atoms with Crippen LogP contribution in [0.4, 0.5) is 0 Å². The highest BCUT2D eigenvalue weighted by atomic mass is 32.2. The van der Waals surface area contributed by atoms with Crippen LogP contribution < -0.4 is 15.6 Å². The van der Waals surface area contributed by atoms with Crippen LogP contribution in [0, 0.1) is 0 Å². The first-order valence-corrected chi connectivity index (χ1v) is 12.7. The van der Waals surface area contributed by atoms with Crippen LogP contribution in [-0.2, 0) is 27.7 Å². The number of sulfonamides is 1. The molecule has 0 bridgehead atoms. The summed E-state index contributed by atoms with van der Waals surface area (Å²) in [5, 5.41) is 2.84. The van der Waals surface area contributed by atoms with E-state index in [2.05, 4.69) is 20.0 Å². The standard InChI is InChI=1S/C24H28N4O4S/c29-23(14-13-22-24(30)27-21-8-4-3-7-20(21)26-22)25-16-15-17-9-11-19(12-10-17)33(31,32)28-18-5-1-2-6-18/h3-4,7-12,18,28H,1-2,5-6,13-16H2,(H,25,29)(H,27,30). The van der Waals surface area contributed by atoms with Gasteiger partial charge in [0.1, 0.15) is 5.69 Å². The number of benzene rings is 2. The molecule has 174 valence electrons. The fraction of sp³-hybridized carbons (Fsp3) is 0.375. The summed E-state index contributed by atoms with van der Waals surface area (Å²) in [7, 11) is -3.50. The van der Waals surface area contributed by atoms with Crippen LogP contribution in [0.2, 0.25) is 0 Å². The van der Waals surface area contributed by atoms with Gasteiger partial charge < -0.3 is 10.3 Å². The third-order valence-electron chi connectivity index (χ3n) is 5.91. The third kappa shape index (κ3) is 6.06. The van der Waals surface area contributed by atoms with E-state index in [-0.39, 0.29) is 35.2 Å². The molecule has 0 unspecified atom stereocenters. The molecule has 1 heterocycles. The van der Waals surface area contributed by atoms with Crippen LogP contribution in [0.1, 0.15) is 43.4 Å². The Hall–Kier alpha value is -3.04. The molecule has 9 heteroatoms. The van der Waals surface area contributed by atoms with E-state index in [0.717, 1.165) is 31.2 Å². The fourth-order valence-electron chi connectivity index (χ4n) is 4.07. The summed E-state index contributed by atoms with van der Waals surface area (Å²) >= 11 is 0. The van der Waals surface area contributed by atoms with Crippen LogP contribution in [0.3, 0.4) is 0 Å². The number of H-pyrrole nitrogens is 1. The number of nitrogens with zero attached hydrogens (tertiary/aromatic N) is 1. The van der Waals surface area contributed by atoms with Gasteiger partial charge in [0.05, 0.1) is 15.9 Å². The lowest BCUT2D eigenvalue weighted by molar-refractivity contribution is -0.121. The van der Waals surface area contributed by atoms with Crippen molar-refractivity contribution in [2.45, 2.75) is 55.9 Å². The predicted molar refractivity (Wildman–Crippen MR) is 126 cm³/mol. The number of hydrogen-bond acceptors (Lipinski definition) is 5. The number of aryl methyl sites for hydroxylation is 1. The number of aromatic amines is 1. The van der Waals surface area contributed by atoms with Gasteiger partial charge in [-0.05, 0) is 49.1 Å². The van der Waals surface area contributed by atoms with Crippen molar-refractivity contribution >= 4 is 27.0 Å². The monoisotopic (exact) mass is 468 g/mol. The highest BCUT2D eigenvalue weighted by Crippen LogP contribution is 2.20. The summed E-state index contributed by atoms with van der Waals surface area (Å²) in [6.45, 7) is 0.423. The Morgan fingerprint density at radius 2 is 1.76 bits per heavy atom. The van der Waals surface area contributed by atoms with E-state index in [0.29, 0.717) is 29.7 Å². The molecular formula is C24H28N4O4S. The first kappa shape index (κ1) is 23.1. The number of aromatic nitrogens is 2. The highest BCUT2D eigenvalue weighted by molar-refractivity contribution is 7.89. The zero-order valence-electron chi connectivity index (χ0n) is 18.3. The minimum absolute atomic E-state index is 0.0327. The van der Waals surface area contributed by atoms with Crippen LogP contribution in [0.15, 0.2) is 58.2 Å². The van der Waals surface area contributed by atoms with Crippen molar-refractivity contribution in [3.05, 3.63) is 70.1 Å². The van der Waals surface area contributed by atoms with E-state index in [9.17, 15) is 18.0 Å². The molecule has 4 rings (SSSR count). The Morgan fingerprint density at radius 1 is 1.03 bits per heavy atom. The molecule has 1 aromatic heterocycles. The van der Waals surface area contributed by atoms with Crippen LogP contribution in [0.5, 0.6) is 0 Å². The Balaban J connectivity index is 1.24. The number of para-hydroxylation sites is 2. The van der Waals surface area contributed by atoms with Crippen LogP contribution >= 0.6 is 0 Å². The van der Waals surface area contributed by atoms with Gasteiger partial charge >= 0.3 is 0 Å². The molecule has 0 radical (unpaired) electrons. The number of amides is 1. The van der Waals surface area contributed by atoms with E-state index < -0.39 is 10.0 Å². The molecule has 8 nitrogen and oxygen atoms in total. The molecule has 0 spiro atoms. The van der Waals surface area contributed by atoms with Crippen molar-refractivity contribution in [1.82, 2.24) is 20.0 Å². The zero-order chi connectivity index (χ0) is 23.3. The van der Waals surface area contributed by atoms with Crippen LogP contribution in [0.25, 0.3) is 11.0 Å². The van der Waals surface area contributed by atoms with Gasteiger partial charge in [-0.15, -0.1) is 0 Å². The second-order valence-corrected chi connectivity index (χ2v) is 10.1. The van der Waals surface area contributed by atoms with Gasteiger partial charge in [-0.25, -0.2) is 18.1 Å². The highest BCUT2D eigenvalue weighted by Gasteiger charge is 2.22. The van der Waals surface area contributed by atoms with Gasteiger partial charge in [0, 0.05) is 25.4 Å². The molecular weight excluding hydrogens is 440 g/mol. The van der Waals surface area contributed by atoms with Crippen molar-refractivity contribution < 1.29 is 13.2 Å². The fourth-order valence-corrected chi connectivity index (χ4v) is 5.37. The van der Waals surface area contributed by atoms with Crippen LogP contribution in [-0.4, -0.2) is 36.9 Å². The topological polar surface area (TPSA) is 121 Å². The maximum absolute atomic E-state index is 12.5. The molecule has 3 N–H and O–H groups in total. The normalized spacial score (nSPS) is 14.5. The molecule has 0 aliphatic heterocycles. The largest absolute Gasteiger partial charge is 0.356 e. The van der Waals surface area contributed by atoms with Crippen molar-refractivity contribution in [3.63, 3.8) is 0 Å². The lowest BCUT2D eigenvalue weighted by Crippen LogP contribution is -2.32. The molecule has 1 saturated carbocycles. The maximum Gasteiger partial charge on any atom is 0.270 e. The molecule has 33 heavy (non-hydrogen) atoms. The number of rotatable bonds is 9. The second-order valence-electron chi connectivity index (χ2n) is 8.38. The molecule has 3 aromatic rings. The quantitative estimate of drug-likeness (QED) is 0.445. The number of carbonyl (C=O) groups excluding carboxylic acids is 1. The van der Waals surface area contributed by atoms with Gasteiger partial charge in [0.15, 0.2) is 0 Å². The summed E-state index contributed by atoms with van der Waals surface area (Å²) in [5.74, 6) is -0.163. The first-order valence-electron chi connectivity index (χ1n) is 11.3. The Bertz CT molecular complexity index is 1280. The molecule has 1 aliphatic carbocycles. The average Bonchev–Trinajstić information content (AvgIpc) is 3.30. The summed E-state index contributed by atoms with van der Waals surface area (Å²) in [6, 6.07) is 14.1. The minimum Gasteiger partial charge on any atom is -0.356 e. The van der Waals surface area contributed by atoms with Crippen molar-refractivity contribution in [3.8, 4) is 0 Å². The van der Waals surface area contributed by atoms with Gasteiger partial charge in [-0.1, -0.05) is 37.1 Å². The van der Waals surface area contributed by atoms with Gasteiger partial charge in [0.2, 0.25) is 15.9 Å². The van der Waals surface area contributed by atoms with E-state index in [1.54, 1.807) is 30.3 Å². The number of fused-ring (bicyclic) bond motifs is 1. The Labute approximate surface area is 192 Å². The van der Waals surface area contributed by atoms with E-state index >= 15 is 0 Å². The maximum atomic E-state index is 12.5. The lowest BCUT2D eigenvalue weighted by atomic mass is 10.1. The van der Waals surface area contributed by atoms with E-state index in [1.807, 2.05) is 18.2 Å². The Kier molecular flexibility index (Phi) is 7.20. The third-order valence-corrected chi connectivity index (χ3v) is 7.44. The lowest BCUT2D eigenvalue weighted by Gasteiger charge is -2.13. The van der Waals surface area contributed by atoms with E-state index in [4.69, 9.17) is 0 Å². The number of carbonyl (C=O) groups is 1. The van der Waals surface area contributed by atoms with Gasteiger partial charge in [0.25, 0.3) is 5.56 Å². The molecule has 1 fully saturated rings. The first-order chi connectivity index (χ1) is 15.9. The van der Waals surface area contributed by atoms with Crippen molar-refractivity contribution in [2.75, 3.05) is 6.54 Å². The second kappa shape index (κ2) is 10.3. The molecule has 1 amide bonds. The predicted octanol–water partition coefficient (Wildman–Crippen LogP) is 2.44. The zero-order valence-corrected chi connectivity index (χ0v) is 19.2. The van der Waals surface area contributed by atoms with E-state index in [1.165, 1.54) is 0 Å². The van der Waals surface area contributed by atoms with Crippen molar-refractivity contribution in [1.29, 1.82) is 0 Å². The summed E-state index contributed by atoms with van der Waals surface area (Å²) in [6.07, 6.45) is 4.91. The average molecular weight is 469 g/mol. The SMILES string of the molecule is O=C(CCc1nc2ccccc2[nH]c1=O)NCCc1ccc(S(=O)(=O)NC2CCCC2)cc1. The number of nitrogens with one attached hydrogen (secondary N) is 3. The Morgan fingerprint density at radius 3 is 2.52 bits per heavy atom.